The van der Waals surface area contributed by atoms with Gasteiger partial charge >= 0.3 is 0 Å². The molecular weight excluding hydrogens is 202 g/mol. The lowest BCUT2D eigenvalue weighted by Gasteiger charge is -2.37. The fourth-order valence-corrected chi connectivity index (χ4v) is 2.22. The zero-order valence-corrected chi connectivity index (χ0v) is 9.81. The highest BCUT2D eigenvalue weighted by Crippen LogP contribution is 2.30. The van der Waals surface area contributed by atoms with Crippen LogP contribution in [-0.2, 0) is 4.74 Å². The van der Waals surface area contributed by atoms with E-state index in [1.165, 1.54) is 0 Å². The minimum Gasteiger partial charge on any atom is -0.397 e. The SMILES string of the molecule is C[C@@H]1CN(c2cccc(N)c2N)C[C@H](C)O1. The highest BCUT2D eigenvalue weighted by molar-refractivity contribution is 5.79. The largest absolute Gasteiger partial charge is 0.397 e. The number of benzene rings is 1. The van der Waals surface area contributed by atoms with Crippen molar-refractivity contribution in [2.75, 3.05) is 29.5 Å². The van der Waals surface area contributed by atoms with Crippen molar-refractivity contribution in [3.8, 4) is 0 Å². The Hall–Kier alpha value is -1.42. The molecule has 0 radical (unpaired) electrons. The Morgan fingerprint density at radius 1 is 1.19 bits per heavy atom. The predicted molar refractivity (Wildman–Crippen MR) is 67.5 cm³/mol. The summed E-state index contributed by atoms with van der Waals surface area (Å²) in [5.41, 5.74) is 14.1. The van der Waals surface area contributed by atoms with Crippen LogP contribution in [0.1, 0.15) is 13.8 Å². The molecule has 1 aromatic carbocycles. The van der Waals surface area contributed by atoms with E-state index in [9.17, 15) is 0 Å². The maximum Gasteiger partial charge on any atom is 0.0785 e. The van der Waals surface area contributed by atoms with Crippen molar-refractivity contribution in [3.63, 3.8) is 0 Å². The smallest absolute Gasteiger partial charge is 0.0785 e. The Morgan fingerprint density at radius 2 is 1.81 bits per heavy atom. The molecule has 16 heavy (non-hydrogen) atoms. The monoisotopic (exact) mass is 221 g/mol. The van der Waals surface area contributed by atoms with E-state index in [1.54, 1.807) is 0 Å². The summed E-state index contributed by atoms with van der Waals surface area (Å²) in [5.74, 6) is 0. The van der Waals surface area contributed by atoms with Gasteiger partial charge in [0.05, 0.1) is 29.3 Å². The van der Waals surface area contributed by atoms with Gasteiger partial charge in [-0.3, -0.25) is 0 Å². The molecule has 1 fully saturated rings. The van der Waals surface area contributed by atoms with Crippen LogP contribution in [0.3, 0.4) is 0 Å². The molecule has 1 aliphatic heterocycles. The van der Waals surface area contributed by atoms with E-state index in [2.05, 4.69) is 18.7 Å². The molecule has 0 bridgehead atoms. The molecule has 1 aliphatic rings. The lowest BCUT2D eigenvalue weighted by atomic mass is 10.1. The van der Waals surface area contributed by atoms with E-state index in [0.29, 0.717) is 11.4 Å². The van der Waals surface area contributed by atoms with Gasteiger partial charge in [-0.25, -0.2) is 0 Å². The first kappa shape index (κ1) is 11.1. The van der Waals surface area contributed by atoms with Gasteiger partial charge < -0.3 is 21.1 Å². The topological polar surface area (TPSA) is 64.5 Å². The molecule has 0 aliphatic carbocycles. The number of nitrogens with two attached hydrogens (primary N) is 2. The number of morpholine rings is 1. The third-order valence-corrected chi connectivity index (χ3v) is 2.88. The molecule has 0 amide bonds. The van der Waals surface area contributed by atoms with Crippen LogP contribution < -0.4 is 16.4 Å². The quantitative estimate of drug-likeness (QED) is 0.705. The van der Waals surface area contributed by atoms with Crippen molar-refractivity contribution in [2.45, 2.75) is 26.1 Å². The summed E-state index contributed by atoms with van der Waals surface area (Å²) in [5, 5.41) is 0. The van der Waals surface area contributed by atoms with Gasteiger partial charge in [0.2, 0.25) is 0 Å². The summed E-state index contributed by atoms with van der Waals surface area (Å²) in [6, 6.07) is 5.77. The van der Waals surface area contributed by atoms with Crippen molar-refractivity contribution in [3.05, 3.63) is 18.2 Å². The van der Waals surface area contributed by atoms with E-state index in [-0.39, 0.29) is 12.2 Å². The number of para-hydroxylation sites is 1. The Labute approximate surface area is 96.2 Å². The molecule has 1 heterocycles. The average molecular weight is 221 g/mol. The van der Waals surface area contributed by atoms with Crippen molar-refractivity contribution in [1.29, 1.82) is 0 Å². The highest BCUT2D eigenvalue weighted by Gasteiger charge is 2.23. The summed E-state index contributed by atoms with van der Waals surface area (Å²) in [7, 11) is 0. The van der Waals surface area contributed by atoms with Gasteiger partial charge in [-0.15, -0.1) is 0 Å². The number of hydrogen-bond donors (Lipinski definition) is 2. The lowest BCUT2D eigenvalue weighted by molar-refractivity contribution is -0.00516. The van der Waals surface area contributed by atoms with Crippen molar-refractivity contribution in [1.82, 2.24) is 0 Å². The average Bonchev–Trinajstić information content (AvgIpc) is 2.20. The summed E-state index contributed by atoms with van der Waals surface area (Å²) < 4.78 is 5.69. The number of anilines is 3. The van der Waals surface area contributed by atoms with Crippen molar-refractivity contribution >= 4 is 17.1 Å². The van der Waals surface area contributed by atoms with Gasteiger partial charge in [-0.05, 0) is 26.0 Å². The maximum absolute atomic E-state index is 6.00. The number of ether oxygens (including phenoxy) is 1. The van der Waals surface area contributed by atoms with Crippen LogP contribution in [0.25, 0.3) is 0 Å². The van der Waals surface area contributed by atoms with Crippen LogP contribution in [0.2, 0.25) is 0 Å². The molecule has 2 atom stereocenters. The van der Waals surface area contributed by atoms with Gasteiger partial charge in [-0.1, -0.05) is 6.07 Å². The van der Waals surface area contributed by atoms with Crippen LogP contribution in [0.15, 0.2) is 18.2 Å². The summed E-state index contributed by atoms with van der Waals surface area (Å²) in [6.45, 7) is 5.87. The maximum atomic E-state index is 6.00. The fraction of sp³-hybridized carbons (Fsp3) is 0.500. The molecule has 2 rings (SSSR count). The Kier molecular flexibility index (Phi) is 2.92. The van der Waals surface area contributed by atoms with Gasteiger partial charge in [0, 0.05) is 13.1 Å². The predicted octanol–water partition coefficient (Wildman–Crippen LogP) is 1.46. The lowest BCUT2D eigenvalue weighted by Crippen LogP contribution is -2.45. The second-order valence-corrected chi connectivity index (χ2v) is 4.44. The van der Waals surface area contributed by atoms with Crippen LogP contribution in [-0.4, -0.2) is 25.3 Å². The number of rotatable bonds is 1. The van der Waals surface area contributed by atoms with Gasteiger partial charge in [0.15, 0.2) is 0 Å². The molecule has 1 aromatic rings. The molecule has 88 valence electrons. The molecule has 0 spiro atoms. The van der Waals surface area contributed by atoms with E-state index in [0.717, 1.165) is 18.8 Å². The molecule has 4 heteroatoms. The van der Waals surface area contributed by atoms with E-state index < -0.39 is 0 Å². The third kappa shape index (κ3) is 2.07. The second-order valence-electron chi connectivity index (χ2n) is 4.44. The third-order valence-electron chi connectivity index (χ3n) is 2.88. The molecule has 4 nitrogen and oxygen atoms in total. The molecule has 0 unspecified atom stereocenters. The standard InChI is InChI=1S/C12H19N3O/c1-8-6-15(7-9(2)16-8)11-5-3-4-10(13)12(11)14/h3-5,8-9H,6-7,13-14H2,1-2H3/t8-,9+. The Bertz CT molecular complexity index is 371. The van der Waals surface area contributed by atoms with E-state index in [1.807, 2.05) is 18.2 Å². The summed E-state index contributed by atoms with van der Waals surface area (Å²) in [6.07, 6.45) is 0.453. The van der Waals surface area contributed by atoms with Gasteiger partial charge in [0.25, 0.3) is 0 Å². The van der Waals surface area contributed by atoms with E-state index >= 15 is 0 Å². The fourth-order valence-electron chi connectivity index (χ4n) is 2.22. The Morgan fingerprint density at radius 3 is 2.44 bits per heavy atom. The van der Waals surface area contributed by atoms with Crippen LogP contribution in [0.4, 0.5) is 17.1 Å². The van der Waals surface area contributed by atoms with Crippen LogP contribution in [0, 0.1) is 0 Å². The summed E-state index contributed by atoms with van der Waals surface area (Å²) >= 11 is 0. The van der Waals surface area contributed by atoms with E-state index in [4.69, 9.17) is 16.2 Å². The van der Waals surface area contributed by atoms with Crippen LogP contribution in [0.5, 0.6) is 0 Å². The first-order chi connectivity index (χ1) is 7.58. The highest BCUT2D eigenvalue weighted by atomic mass is 16.5. The van der Waals surface area contributed by atoms with Crippen LogP contribution >= 0.6 is 0 Å². The Balaban J connectivity index is 2.26. The molecule has 0 saturated carbocycles. The summed E-state index contributed by atoms with van der Waals surface area (Å²) in [4.78, 5) is 2.24. The molecule has 0 aromatic heterocycles. The minimum absolute atomic E-state index is 0.226. The van der Waals surface area contributed by atoms with Crippen molar-refractivity contribution < 1.29 is 4.74 Å². The first-order valence-corrected chi connectivity index (χ1v) is 5.62. The second kappa shape index (κ2) is 4.22. The van der Waals surface area contributed by atoms with Gasteiger partial charge in [0.1, 0.15) is 0 Å². The normalized spacial score (nSPS) is 25.8. The zero-order chi connectivity index (χ0) is 11.7. The van der Waals surface area contributed by atoms with Crippen molar-refractivity contribution in [2.24, 2.45) is 0 Å². The molecule has 1 saturated heterocycles. The first-order valence-electron chi connectivity index (χ1n) is 5.62. The van der Waals surface area contributed by atoms with Gasteiger partial charge in [-0.2, -0.15) is 0 Å². The molecule has 4 N–H and O–H groups in total. The number of hydrogen-bond acceptors (Lipinski definition) is 4. The number of nitrogen functional groups attached to an aromatic ring is 2. The zero-order valence-electron chi connectivity index (χ0n) is 9.81. The molecular formula is C12H19N3O. The number of nitrogens with zero attached hydrogens (tertiary/aromatic N) is 1. The minimum atomic E-state index is 0.226.